The van der Waals surface area contributed by atoms with E-state index in [1.165, 1.54) is 15.0 Å². The summed E-state index contributed by atoms with van der Waals surface area (Å²) >= 11 is 0. The van der Waals surface area contributed by atoms with Crippen molar-refractivity contribution in [2.75, 3.05) is 0 Å². The van der Waals surface area contributed by atoms with Gasteiger partial charge in [0.15, 0.2) is 0 Å². The maximum absolute atomic E-state index is 13.4. The Hall–Kier alpha value is -4.11. The van der Waals surface area contributed by atoms with Crippen LogP contribution in [0.3, 0.4) is 0 Å². The predicted molar refractivity (Wildman–Crippen MR) is 120 cm³/mol. The Morgan fingerprint density at radius 3 is 2.36 bits per heavy atom. The van der Waals surface area contributed by atoms with Crippen molar-refractivity contribution in [3.8, 4) is 0 Å². The van der Waals surface area contributed by atoms with Crippen LogP contribution in [0.25, 0.3) is 16.7 Å². The Morgan fingerprint density at radius 1 is 0.939 bits per heavy atom. The van der Waals surface area contributed by atoms with E-state index in [0.29, 0.717) is 5.65 Å². The summed E-state index contributed by atoms with van der Waals surface area (Å²) < 4.78 is 42.9. The lowest BCUT2D eigenvalue weighted by atomic mass is 10.2. The second-order valence-corrected chi connectivity index (χ2v) is 9.39. The zero-order chi connectivity index (χ0) is 23.2. The van der Waals surface area contributed by atoms with E-state index in [4.69, 9.17) is 5.41 Å². The van der Waals surface area contributed by atoms with Crippen molar-refractivity contribution in [2.24, 2.45) is 0 Å². The summed E-state index contributed by atoms with van der Waals surface area (Å²) in [6, 6.07) is 19.8. The molecule has 0 bridgehead atoms. The normalized spacial score (nSPS) is 11.8. The predicted octanol–water partition coefficient (Wildman–Crippen LogP) is 3.15. The van der Waals surface area contributed by atoms with Crippen molar-refractivity contribution in [2.45, 2.75) is 16.3 Å². The number of fused-ring (bicyclic) bond motifs is 2. The number of rotatable bonds is 4. The first kappa shape index (κ1) is 20.8. The molecule has 0 saturated carbocycles. The standard InChI is InChI=1S/C24H17FN4O3S/c25-17-9-11-18(12-10-17)33(31,32)20-14-19-23(27-21-8-4-5-13-28(21)24(19)30)29(22(20)26)15-16-6-2-1-3-7-16/h1-14,26H,15H2. The van der Waals surface area contributed by atoms with Crippen molar-refractivity contribution in [3.05, 3.63) is 112 Å². The van der Waals surface area contributed by atoms with E-state index in [1.807, 2.05) is 30.3 Å². The van der Waals surface area contributed by atoms with Crippen molar-refractivity contribution in [3.63, 3.8) is 0 Å². The minimum absolute atomic E-state index is 0.0614. The molecule has 3 aromatic heterocycles. The number of nitrogens with zero attached hydrogens (tertiary/aromatic N) is 3. The van der Waals surface area contributed by atoms with Crippen LogP contribution in [-0.2, 0) is 16.4 Å². The van der Waals surface area contributed by atoms with Crippen LogP contribution in [0.15, 0.2) is 99.6 Å². The first-order valence-electron chi connectivity index (χ1n) is 10.0. The third-order valence-corrected chi connectivity index (χ3v) is 7.16. The molecule has 0 unspecified atom stereocenters. The van der Waals surface area contributed by atoms with Crippen molar-refractivity contribution in [1.82, 2.24) is 14.0 Å². The van der Waals surface area contributed by atoms with Crippen LogP contribution < -0.4 is 11.0 Å². The maximum Gasteiger partial charge on any atom is 0.267 e. The van der Waals surface area contributed by atoms with Gasteiger partial charge in [-0.25, -0.2) is 17.8 Å². The molecule has 0 aliphatic heterocycles. The molecule has 0 aliphatic rings. The number of hydrogen-bond donors (Lipinski definition) is 1. The molecule has 3 heterocycles. The molecule has 5 aromatic rings. The monoisotopic (exact) mass is 460 g/mol. The van der Waals surface area contributed by atoms with Crippen LogP contribution in [0.1, 0.15) is 5.56 Å². The zero-order valence-corrected chi connectivity index (χ0v) is 18.0. The number of halogens is 1. The summed E-state index contributed by atoms with van der Waals surface area (Å²) in [4.78, 5) is 17.3. The van der Waals surface area contributed by atoms with Gasteiger partial charge in [-0.2, -0.15) is 0 Å². The quantitative estimate of drug-likeness (QED) is 0.329. The SMILES string of the molecule is N=c1c(S(=O)(=O)c2ccc(F)cc2)cc2c(=O)n3ccccc3nc2n1Cc1ccccc1. The number of nitrogens with one attached hydrogen (secondary N) is 1. The van der Waals surface area contributed by atoms with Gasteiger partial charge in [-0.3, -0.25) is 14.6 Å². The Kier molecular flexibility index (Phi) is 4.90. The molecule has 0 atom stereocenters. The summed E-state index contributed by atoms with van der Waals surface area (Å²) in [7, 11) is -4.21. The number of hydrogen-bond acceptors (Lipinski definition) is 5. The molecular formula is C24H17FN4O3S. The Balaban J connectivity index is 1.88. The van der Waals surface area contributed by atoms with Crippen LogP contribution in [-0.4, -0.2) is 22.4 Å². The van der Waals surface area contributed by atoms with Crippen LogP contribution in [0.5, 0.6) is 0 Å². The Labute approximate surface area is 187 Å². The number of aromatic nitrogens is 3. The minimum atomic E-state index is -4.21. The van der Waals surface area contributed by atoms with Gasteiger partial charge < -0.3 is 4.57 Å². The number of pyridine rings is 2. The fourth-order valence-corrected chi connectivity index (χ4v) is 5.11. The fraction of sp³-hybridized carbons (Fsp3) is 0.0417. The van der Waals surface area contributed by atoms with E-state index < -0.39 is 21.2 Å². The van der Waals surface area contributed by atoms with Crippen LogP contribution in [0.2, 0.25) is 0 Å². The molecule has 33 heavy (non-hydrogen) atoms. The van der Waals surface area contributed by atoms with Crippen molar-refractivity contribution >= 4 is 26.5 Å². The second kappa shape index (κ2) is 7.79. The molecule has 9 heteroatoms. The van der Waals surface area contributed by atoms with E-state index in [2.05, 4.69) is 4.98 Å². The van der Waals surface area contributed by atoms with Gasteiger partial charge in [0.05, 0.1) is 16.8 Å². The molecule has 0 aliphatic carbocycles. The summed E-state index contributed by atoms with van der Waals surface area (Å²) in [5.41, 5.74) is 0.628. The lowest BCUT2D eigenvalue weighted by Crippen LogP contribution is -2.30. The van der Waals surface area contributed by atoms with Crippen LogP contribution >= 0.6 is 0 Å². The van der Waals surface area contributed by atoms with Gasteiger partial charge in [-0.15, -0.1) is 0 Å². The highest BCUT2D eigenvalue weighted by Gasteiger charge is 2.24. The molecule has 0 fully saturated rings. The molecule has 0 amide bonds. The van der Waals surface area contributed by atoms with Gasteiger partial charge >= 0.3 is 0 Å². The summed E-state index contributed by atoms with van der Waals surface area (Å²) in [5.74, 6) is -0.577. The minimum Gasteiger partial charge on any atom is -0.305 e. The largest absolute Gasteiger partial charge is 0.305 e. The van der Waals surface area contributed by atoms with Gasteiger partial charge in [-0.1, -0.05) is 36.4 Å². The molecule has 0 saturated heterocycles. The number of benzene rings is 2. The first-order valence-corrected chi connectivity index (χ1v) is 11.5. The summed E-state index contributed by atoms with van der Waals surface area (Å²) in [6.45, 7) is 0.137. The van der Waals surface area contributed by atoms with E-state index >= 15 is 0 Å². The molecule has 7 nitrogen and oxygen atoms in total. The average molecular weight is 460 g/mol. The van der Waals surface area contributed by atoms with Gasteiger partial charge in [0.1, 0.15) is 27.5 Å². The first-order chi connectivity index (χ1) is 15.9. The topological polar surface area (TPSA) is 97.3 Å². The molecule has 5 rings (SSSR count). The smallest absolute Gasteiger partial charge is 0.267 e. The Morgan fingerprint density at radius 2 is 1.64 bits per heavy atom. The third-order valence-electron chi connectivity index (χ3n) is 5.38. The Bertz CT molecular complexity index is 1740. The zero-order valence-electron chi connectivity index (χ0n) is 17.1. The highest BCUT2D eigenvalue weighted by atomic mass is 32.2. The number of sulfone groups is 1. The van der Waals surface area contributed by atoms with Crippen LogP contribution in [0, 0.1) is 11.2 Å². The van der Waals surface area contributed by atoms with E-state index in [-0.39, 0.29) is 32.9 Å². The molecule has 0 spiro atoms. The lowest BCUT2D eigenvalue weighted by molar-refractivity contribution is 0.590. The van der Waals surface area contributed by atoms with E-state index in [0.717, 1.165) is 29.8 Å². The van der Waals surface area contributed by atoms with E-state index in [1.54, 1.807) is 24.4 Å². The fourth-order valence-electron chi connectivity index (χ4n) is 3.73. The molecule has 1 N–H and O–H groups in total. The molecule has 2 aromatic carbocycles. The third kappa shape index (κ3) is 3.52. The highest BCUT2D eigenvalue weighted by molar-refractivity contribution is 7.91. The maximum atomic E-state index is 13.4. The average Bonchev–Trinajstić information content (AvgIpc) is 2.82. The van der Waals surface area contributed by atoms with Gasteiger partial charge in [-0.05, 0) is 48.0 Å². The molecule has 0 radical (unpaired) electrons. The van der Waals surface area contributed by atoms with Crippen molar-refractivity contribution in [1.29, 1.82) is 5.41 Å². The molecular weight excluding hydrogens is 443 g/mol. The van der Waals surface area contributed by atoms with Gasteiger partial charge in [0, 0.05) is 6.20 Å². The van der Waals surface area contributed by atoms with E-state index in [9.17, 15) is 17.6 Å². The lowest BCUT2D eigenvalue weighted by Gasteiger charge is -2.15. The van der Waals surface area contributed by atoms with Crippen LogP contribution in [0.4, 0.5) is 4.39 Å². The highest BCUT2D eigenvalue weighted by Crippen LogP contribution is 2.21. The summed E-state index contributed by atoms with van der Waals surface area (Å²) in [6.07, 6.45) is 1.55. The van der Waals surface area contributed by atoms with Gasteiger partial charge in [0.25, 0.3) is 5.56 Å². The summed E-state index contributed by atoms with van der Waals surface area (Å²) in [5, 5.41) is 8.83. The molecule has 164 valence electrons. The van der Waals surface area contributed by atoms with Gasteiger partial charge in [0.2, 0.25) is 9.84 Å². The van der Waals surface area contributed by atoms with Crippen molar-refractivity contribution < 1.29 is 12.8 Å². The second-order valence-electron chi connectivity index (χ2n) is 7.47.